The Morgan fingerprint density at radius 1 is 0.318 bits per heavy atom. The van der Waals surface area contributed by atoms with Gasteiger partial charge in [-0.3, -0.25) is 37.3 Å². The monoisotopic (exact) mass is 1300 g/mol. The van der Waals surface area contributed by atoms with Crippen molar-refractivity contribution in [3.63, 3.8) is 0 Å². The van der Waals surface area contributed by atoms with E-state index in [1.54, 1.807) is 0 Å². The third kappa shape index (κ3) is 61.6. The maximum absolute atomic E-state index is 13.0. The van der Waals surface area contributed by atoms with Crippen molar-refractivity contribution in [2.45, 2.75) is 374 Å². The van der Waals surface area contributed by atoms with E-state index < -0.39 is 97.5 Å². The molecule has 0 aromatic carbocycles. The number of rotatable bonds is 69. The second-order valence-corrected chi connectivity index (χ2v) is 28.1. The Hall–Kier alpha value is -1.94. The first-order valence-corrected chi connectivity index (χ1v) is 39.2. The molecule has 0 heterocycles. The van der Waals surface area contributed by atoms with Gasteiger partial charge in [0.25, 0.3) is 0 Å². The number of esters is 4. The first-order valence-electron chi connectivity index (χ1n) is 36.2. The lowest BCUT2D eigenvalue weighted by Gasteiger charge is -2.21. The van der Waals surface area contributed by atoms with Crippen LogP contribution in [0.4, 0.5) is 0 Å². The zero-order valence-electron chi connectivity index (χ0n) is 56.9. The summed E-state index contributed by atoms with van der Waals surface area (Å²) in [5.41, 5.74) is 0. The third-order valence-electron chi connectivity index (χ3n) is 16.4. The number of carbonyl (C=O) groups excluding carboxylic acids is 4. The van der Waals surface area contributed by atoms with Gasteiger partial charge in [0.2, 0.25) is 0 Å². The molecule has 0 bridgehead atoms. The van der Waals surface area contributed by atoms with Crippen LogP contribution in [-0.4, -0.2) is 96.7 Å². The molecular formula is C69H134O17P2. The fraction of sp³-hybridized carbons (Fsp3) is 0.942. The van der Waals surface area contributed by atoms with Crippen molar-refractivity contribution in [3.8, 4) is 0 Å². The molecule has 0 aromatic rings. The molecule has 0 aliphatic heterocycles. The fourth-order valence-corrected chi connectivity index (χ4v) is 12.0. The van der Waals surface area contributed by atoms with Gasteiger partial charge in [-0.25, -0.2) is 9.13 Å². The van der Waals surface area contributed by atoms with Gasteiger partial charge in [0.05, 0.1) is 26.4 Å². The van der Waals surface area contributed by atoms with E-state index in [1.165, 1.54) is 167 Å². The highest BCUT2D eigenvalue weighted by atomic mass is 31.2. The Balaban J connectivity index is 5.21. The minimum Gasteiger partial charge on any atom is -0.462 e. The van der Waals surface area contributed by atoms with Crippen LogP contribution in [0.25, 0.3) is 0 Å². The quantitative estimate of drug-likeness (QED) is 0.0222. The van der Waals surface area contributed by atoms with Gasteiger partial charge in [-0.15, -0.1) is 0 Å². The summed E-state index contributed by atoms with van der Waals surface area (Å²) in [4.78, 5) is 72.4. The average Bonchev–Trinajstić information content (AvgIpc) is 3.53. The third-order valence-corrected chi connectivity index (χ3v) is 18.3. The number of aliphatic hydroxyl groups is 1. The number of carbonyl (C=O) groups is 4. The number of phosphoric ester groups is 2. The molecule has 0 amide bonds. The Morgan fingerprint density at radius 2 is 0.545 bits per heavy atom. The Labute approximate surface area is 537 Å². The summed E-state index contributed by atoms with van der Waals surface area (Å²) in [6.07, 6.45) is 48.6. The second kappa shape index (κ2) is 62.5. The van der Waals surface area contributed by atoms with Crippen molar-refractivity contribution >= 4 is 39.5 Å². The molecule has 3 N–H and O–H groups in total. The highest BCUT2D eigenvalue weighted by Gasteiger charge is 2.30. The van der Waals surface area contributed by atoms with Gasteiger partial charge < -0.3 is 33.8 Å². The van der Waals surface area contributed by atoms with Gasteiger partial charge in [0, 0.05) is 25.7 Å². The minimum absolute atomic E-state index is 0.105. The summed E-state index contributed by atoms with van der Waals surface area (Å²) in [6, 6.07) is 0. The minimum atomic E-state index is -4.95. The predicted octanol–water partition coefficient (Wildman–Crippen LogP) is 19.7. The highest BCUT2D eigenvalue weighted by Crippen LogP contribution is 2.45. The fourth-order valence-electron chi connectivity index (χ4n) is 10.4. The van der Waals surface area contributed by atoms with Gasteiger partial charge in [-0.1, -0.05) is 304 Å². The van der Waals surface area contributed by atoms with Crippen LogP contribution in [0.3, 0.4) is 0 Å². The van der Waals surface area contributed by atoms with Crippen molar-refractivity contribution in [1.82, 2.24) is 0 Å². The van der Waals surface area contributed by atoms with E-state index in [9.17, 15) is 43.2 Å². The second-order valence-electron chi connectivity index (χ2n) is 25.2. The van der Waals surface area contributed by atoms with Crippen molar-refractivity contribution in [2.75, 3.05) is 39.6 Å². The normalized spacial score (nSPS) is 14.4. The van der Waals surface area contributed by atoms with Gasteiger partial charge >= 0.3 is 39.5 Å². The van der Waals surface area contributed by atoms with Crippen LogP contribution in [-0.2, 0) is 65.4 Å². The Morgan fingerprint density at radius 3 is 0.807 bits per heavy atom. The lowest BCUT2D eigenvalue weighted by molar-refractivity contribution is -0.161. The zero-order valence-corrected chi connectivity index (χ0v) is 58.6. The molecule has 0 radical (unpaired) electrons. The summed E-state index contributed by atoms with van der Waals surface area (Å²) in [5.74, 6) is -1.36. The van der Waals surface area contributed by atoms with E-state index in [-0.39, 0.29) is 25.7 Å². The molecule has 6 atom stereocenters. The molecule has 0 fully saturated rings. The molecule has 0 aliphatic carbocycles. The number of ether oxygens (including phenoxy) is 4. The average molecular weight is 1300 g/mol. The number of aliphatic hydroxyl groups excluding tert-OH is 1. The maximum atomic E-state index is 13.0. The number of phosphoric acid groups is 2. The molecule has 0 aliphatic rings. The lowest BCUT2D eigenvalue weighted by Crippen LogP contribution is -2.30. The lowest BCUT2D eigenvalue weighted by atomic mass is 9.99. The number of hydrogen-bond donors (Lipinski definition) is 3. The molecule has 0 saturated heterocycles. The van der Waals surface area contributed by atoms with E-state index in [0.717, 1.165) is 109 Å². The summed E-state index contributed by atoms with van der Waals surface area (Å²) in [5, 5.41) is 10.6. The molecule has 0 rings (SSSR count). The van der Waals surface area contributed by atoms with Crippen LogP contribution < -0.4 is 0 Å². The first-order chi connectivity index (χ1) is 42.6. The summed E-state index contributed by atoms with van der Waals surface area (Å²) >= 11 is 0. The number of hydrogen-bond acceptors (Lipinski definition) is 15. The van der Waals surface area contributed by atoms with Gasteiger partial charge in [0.1, 0.15) is 19.3 Å². The molecule has 0 aromatic heterocycles. The SMILES string of the molecule is CCCCCCCCCCCCCCCCCCC(=O)O[C@H](COC(=O)CCCCCCCCCCCCCCC)COP(=O)(O)OC[C@@H](O)COP(=O)(O)OC[C@@H](COC(=O)CCCCCCCCC)OC(=O)CCCCCCCCCCC(C)CC. The molecule has 17 nitrogen and oxygen atoms in total. The first kappa shape index (κ1) is 86.1. The predicted molar refractivity (Wildman–Crippen MR) is 354 cm³/mol. The topological polar surface area (TPSA) is 237 Å². The molecule has 0 spiro atoms. The smallest absolute Gasteiger partial charge is 0.462 e. The van der Waals surface area contributed by atoms with Crippen LogP contribution in [0.5, 0.6) is 0 Å². The largest absolute Gasteiger partial charge is 0.472 e. The summed E-state index contributed by atoms with van der Waals surface area (Å²) in [7, 11) is -9.89. The summed E-state index contributed by atoms with van der Waals surface area (Å²) in [6.45, 7) is 7.20. The van der Waals surface area contributed by atoms with Crippen molar-refractivity contribution in [1.29, 1.82) is 0 Å². The van der Waals surface area contributed by atoms with Gasteiger partial charge in [-0.05, 0) is 31.6 Å². The van der Waals surface area contributed by atoms with Crippen LogP contribution in [0, 0.1) is 5.92 Å². The molecule has 522 valence electrons. The molecule has 19 heteroatoms. The van der Waals surface area contributed by atoms with Crippen LogP contribution in [0.1, 0.15) is 356 Å². The van der Waals surface area contributed by atoms with Crippen LogP contribution in [0.15, 0.2) is 0 Å². The number of unbranched alkanes of at least 4 members (excludes halogenated alkanes) is 40. The van der Waals surface area contributed by atoms with Crippen molar-refractivity contribution in [3.05, 3.63) is 0 Å². The zero-order chi connectivity index (χ0) is 64.9. The van der Waals surface area contributed by atoms with E-state index in [4.69, 9.17) is 37.0 Å². The molecule has 3 unspecified atom stereocenters. The molecule has 0 saturated carbocycles. The Bertz CT molecular complexity index is 1710. The maximum Gasteiger partial charge on any atom is 0.472 e. The van der Waals surface area contributed by atoms with E-state index >= 15 is 0 Å². The van der Waals surface area contributed by atoms with Gasteiger partial charge in [0.15, 0.2) is 12.2 Å². The van der Waals surface area contributed by atoms with Crippen LogP contribution in [0.2, 0.25) is 0 Å². The standard InChI is InChI=1S/C69H134O17P2/c1-6-10-13-16-19-21-23-25-26-27-29-31-33-39-44-49-54-68(73)85-65(59-80-67(72)53-48-43-38-32-30-28-24-22-20-17-14-11-7-2)61-84-88(77,78)82-57-63(70)56-81-87(75,76)83-60-64(58-79-66(71)52-47-42-36-18-15-12-8-3)86-69(74)55-50-45-40-35-34-37-41-46-51-62(5)9-4/h62-65,70H,6-61H2,1-5H3,(H,75,76)(H,77,78)/t62?,63-,64+,65+/m0/s1. The summed E-state index contributed by atoms with van der Waals surface area (Å²) < 4.78 is 68.2. The van der Waals surface area contributed by atoms with Crippen molar-refractivity contribution < 1.29 is 80.2 Å². The van der Waals surface area contributed by atoms with Crippen molar-refractivity contribution in [2.24, 2.45) is 5.92 Å². The molecule has 88 heavy (non-hydrogen) atoms. The van der Waals surface area contributed by atoms with Crippen LogP contribution >= 0.6 is 15.6 Å². The van der Waals surface area contributed by atoms with E-state index in [1.807, 2.05) is 0 Å². The highest BCUT2D eigenvalue weighted by molar-refractivity contribution is 7.47. The Kier molecular flexibility index (Phi) is 61.1. The van der Waals surface area contributed by atoms with E-state index in [2.05, 4.69) is 34.6 Å². The molecular weight excluding hydrogens is 1160 g/mol. The van der Waals surface area contributed by atoms with E-state index in [0.29, 0.717) is 25.7 Å². The van der Waals surface area contributed by atoms with Gasteiger partial charge in [-0.2, -0.15) is 0 Å².